The molecule has 3 nitrogen and oxygen atoms in total. The zero-order valence-corrected chi connectivity index (χ0v) is 14.1. The largest absolute Gasteiger partial charge is 0.497 e. The van der Waals surface area contributed by atoms with Crippen LogP contribution < -0.4 is 9.30 Å². The lowest BCUT2D eigenvalue weighted by Gasteiger charge is -2.00. The van der Waals surface area contributed by atoms with Crippen molar-refractivity contribution in [1.29, 1.82) is 0 Å². The number of ketones is 1. The van der Waals surface area contributed by atoms with E-state index in [0.717, 1.165) is 12.2 Å². The van der Waals surface area contributed by atoms with E-state index in [-0.39, 0.29) is 5.78 Å². The van der Waals surface area contributed by atoms with Gasteiger partial charge in [-0.1, -0.05) is 30.3 Å². The van der Waals surface area contributed by atoms with Crippen LogP contribution in [0.1, 0.15) is 21.5 Å². The lowest BCUT2D eigenvalue weighted by Crippen LogP contribution is -2.25. The molecule has 124 valence electrons. The Bertz CT molecular complexity index is 868. The molecule has 0 aliphatic heterocycles. The Balaban J connectivity index is 1.70. The van der Waals surface area contributed by atoms with Gasteiger partial charge >= 0.3 is 0 Å². The summed E-state index contributed by atoms with van der Waals surface area (Å²) < 4.78 is 7.01. The number of hydrogen-bond acceptors (Lipinski definition) is 2. The third-order valence-electron chi connectivity index (χ3n) is 3.91. The fourth-order valence-electron chi connectivity index (χ4n) is 2.58. The average Bonchev–Trinajstić information content (AvgIpc) is 2.67. The van der Waals surface area contributed by atoms with E-state index < -0.39 is 0 Å². The molecular weight excluding hydrogens is 310 g/mol. The van der Waals surface area contributed by atoms with Gasteiger partial charge < -0.3 is 4.74 Å². The van der Waals surface area contributed by atoms with Gasteiger partial charge in [-0.15, -0.1) is 0 Å². The Hall–Kier alpha value is -3.20. The minimum atomic E-state index is -0.0383. The molecule has 2 aromatic carbocycles. The first kappa shape index (κ1) is 16.7. The van der Waals surface area contributed by atoms with Gasteiger partial charge in [-0.3, -0.25) is 4.79 Å². The summed E-state index contributed by atoms with van der Waals surface area (Å²) in [4.78, 5) is 12.3. The lowest BCUT2D eigenvalue weighted by molar-refractivity contribution is -0.568. The highest BCUT2D eigenvalue weighted by Gasteiger charge is 2.05. The van der Waals surface area contributed by atoms with Crippen molar-refractivity contribution in [3.05, 3.63) is 102 Å². The van der Waals surface area contributed by atoms with Crippen molar-refractivity contribution in [2.75, 3.05) is 7.11 Å². The Kier molecular flexibility index (Phi) is 5.37. The SMILES string of the molecule is COc1ccc(C(=O)/C=C\[n+]2cccc(Cc3ccccc3)c2)cc1. The smallest absolute Gasteiger partial charge is 0.191 e. The maximum atomic E-state index is 12.3. The fraction of sp³-hybridized carbons (Fsp3) is 0.0909. The second-order valence-corrected chi connectivity index (χ2v) is 5.73. The standard InChI is InChI=1S/C22H20NO2/c1-25-21-11-9-20(10-12-21)22(24)13-15-23-14-5-8-19(17-23)16-18-6-3-2-4-7-18/h2-15,17H,16H2,1H3/q+1/b15-13-. The lowest BCUT2D eigenvalue weighted by atomic mass is 10.1. The molecule has 0 spiro atoms. The molecule has 0 radical (unpaired) electrons. The van der Waals surface area contributed by atoms with Crippen LogP contribution in [0.25, 0.3) is 6.20 Å². The Labute approximate surface area is 147 Å². The number of nitrogens with zero attached hydrogens (tertiary/aromatic N) is 1. The van der Waals surface area contributed by atoms with E-state index >= 15 is 0 Å². The highest BCUT2D eigenvalue weighted by atomic mass is 16.5. The van der Waals surface area contributed by atoms with Crippen LogP contribution in [0.5, 0.6) is 5.75 Å². The predicted octanol–water partition coefficient (Wildman–Crippen LogP) is 3.93. The van der Waals surface area contributed by atoms with Crippen molar-refractivity contribution in [2.45, 2.75) is 6.42 Å². The first-order valence-electron chi connectivity index (χ1n) is 8.15. The number of methoxy groups -OCH3 is 1. The third kappa shape index (κ3) is 4.64. The van der Waals surface area contributed by atoms with Gasteiger partial charge in [0.25, 0.3) is 0 Å². The van der Waals surface area contributed by atoms with Crippen molar-refractivity contribution in [3.8, 4) is 5.75 Å². The molecule has 0 aliphatic carbocycles. The van der Waals surface area contributed by atoms with Gasteiger partial charge in [0.1, 0.15) is 5.75 Å². The van der Waals surface area contributed by atoms with Gasteiger partial charge in [-0.2, -0.15) is 4.57 Å². The van der Waals surface area contributed by atoms with Crippen molar-refractivity contribution >= 4 is 12.0 Å². The normalized spacial score (nSPS) is 10.8. The summed E-state index contributed by atoms with van der Waals surface area (Å²) in [6.07, 6.45) is 8.17. The molecule has 0 saturated carbocycles. The first-order valence-corrected chi connectivity index (χ1v) is 8.15. The number of carbonyl (C=O) groups excluding carboxylic acids is 1. The van der Waals surface area contributed by atoms with Crippen LogP contribution in [0.4, 0.5) is 0 Å². The van der Waals surface area contributed by atoms with Gasteiger partial charge in [0.15, 0.2) is 24.4 Å². The Morgan fingerprint density at radius 3 is 2.40 bits per heavy atom. The molecular formula is C22H20NO2+. The Morgan fingerprint density at radius 1 is 0.960 bits per heavy atom. The molecule has 0 N–H and O–H groups in total. The number of allylic oxidation sites excluding steroid dienone is 1. The van der Waals surface area contributed by atoms with Crippen LogP contribution in [0.15, 0.2) is 85.2 Å². The first-order chi connectivity index (χ1) is 12.2. The molecule has 1 heterocycles. The van der Waals surface area contributed by atoms with Crippen molar-refractivity contribution in [3.63, 3.8) is 0 Å². The molecule has 0 aliphatic rings. The van der Waals surface area contributed by atoms with Gasteiger partial charge in [0.05, 0.1) is 13.2 Å². The van der Waals surface area contributed by atoms with E-state index in [1.807, 2.05) is 41.2 Å². The molecule has 0 saturated heterocycles. The molecule has 3 aromatic rings. The molecule has 3 heteroatoms. The van der Waals surface area contributed by atoms with Crippen LogP contribution in [-0.2, 0) is 6.42 Å². The number of ether oxygens (including phenoxy) is 1. The number of carbonyl (C=O) groups is 1. The summed E-state index contributed by atoms with van der Waals surface area (Å²) in [7, 11) is 1.61. The van der Waals surface area contributed by atoms with Gasteiger partial charge in [-0.05, 0) is 35.9 Å². The average molecular weight is 330 g/mol. The number of hydrogen-bond donors (Lipinski definition) is 0. The fourth-order valence-corrected chi connectivity index (χ4v) is 2.58. The molecule has 0 fully saturated rings. The van der Waals surface area contributed by atoms with Crippen LogP contribution in [0.3, 0.4) is 0 Å². The summed E-state index contributed by atoms with van der Waals surface area (Å²) in [6, 6.07) is 21.5. The van der Waals surface area contributed by atoms with Gasteiger partial charge in [-0.25, -0.2) is 0 Å². The minimum Gasteiger partial charge on any atom is -0.497 e. The Morgan fingerprint density at radius 2 is 1.68 bits per heavy atom. The third-order valence-corrected chi connectivity index (χ3v) is 3.91. The summed E-state index contributed by atoms with van der Waals surface area (Å²) in [5.41, 5.74) is 3.09. The van der Waals surface area contributed by atoms with E-state index in [0.29, 0.717) is 5.56 Å². The number of benzene rings is 2. The molecule has 25 heavy (non-hydrogen) atoms. The molecule has 0 atom stereocenters. The van der Waals surface area contributed by atoms with E-state index in [2.05, 4.69) is 18.2 Å². The summed E-state index contributed by atoms with van der Waals surface area (Å²) in [5, 5.41) is 0. The summed E-state index contributed by atoms with van der Waals surface area (Å²) >= 11 is 0. The van der Waals surface area contributed by atoms with Crippen molar-refractivity contribution in [2.24, 2.45) is 0 Å². The highest BCUT2D eigenvalue weighted by molar-refractivity contribution is 6.05. The zero-order chi connectivity index (χ0) is 17.5. The quantitative estimate of drug-likeness (QED) is 0.389. The van der Waals surface area contributed by atoms with E-state index in [1.165, 1.54) is 11.1 Å². The minimum absolute atomic E-state index is 0.0383. The molecule has 1 aromatic heterocycles. The highest BCUT2D eigenvalue weighted by Crippen LogP contribution is 2.12. The second kappa shape index (κ2) is 8.06. The van der Waals surface area contributed by atoms with Crippen LogP contribution in [0, 0.1) is 0 Å². The monoisotopic (exact) mass is 330 g/mol. The molecule has 0 amide bonds. The summed E-state index contributed by atoms with van der Waals surface area (Å²) in [6.45, 7) is 0. The van der Waals surface area contributed by atoms with Gasteiger partial charge in [0.2, 0.25) is 0 Å². The topological polar surface area (TPSA) is 30.2 Å². The number of aromatic nitrogens is 1. The molecule has 0 bridgehead atoms. The van der Waals surface area contributed by atoms with E-state index in [9.17, 15) is 4.79 Å². The maximum absolute atomic E-state index is 12.3. The number of rotatable bonds is 6. The molecule has 0 unspecified atom stereocenters. The van der Waals surface area contributed by atoms with Crippen LogP contribution >= 0.6 is 0 Å². The van der Waals surface area contributed by atoms with E-state index in [1.54, 1.807) is 43.7 Å². The maximum Gasteiger partial charge on any atom is 0.191 e. The van der Waals surface area contributed by atoms with Gasteiger partial charge in [0, 0.05) is 23.6 Å². The van der Waals surface area contributed by atoms with Crippen LogP contribution in [-0.4, -0.2) is 12.9 Å². The van der Waals surface area contributed by atoms with E-state index in [4.69, 9.17) is 4.74 Å². The summed E-state index contributed by atoms with van der Waals surface area (Å²) in [5.74, 6) is 0.701. The predicted molar refractivity (Wildman–Crippen MR) is 98.5 cm³/mol. The second-order valence-electron chi connectivity index (χ2n) is 5.73. The number of pyridine rings is 1. The van der Waals surface area contributed by atoms with Crippen molar-refractivity contribution < 1.29 is 14.1 Å². The molecule has 3 rings (SSSR count). The zero-order valence-electron chi connectivity index (χ0n) is 14.1. The van der Waals surface area contributed by atoms with Crippen molar-refractivity contribution in [1.82, 2.24) is 0 Å². The van der Waals surface area contributed by atoms with Crippen LogP contribution in [0.2, 0.25) is 0 Å².